The fourth-order valence-electron chi connectivity index (χ4n) is 4.00. The van der Waals surface area contributed by atoms with Crippen LogP contribution < -0.4 is 0 Å². The average Bonchev–Trinajstić information content (AvgIpc) is 2.78. The number of hydrogen-bond acceptors (Lipinski definition) is 6. The van der Waals surface area contributed by atoms with E-state index in [-0.39, 0.29) is 39.7 Å². The highest BCUT2D eigenvalue weighted by Gasteiger charge is 2.21. The van der Waals surface area contributed by atoms with Crippen molar-refractivity contribution in [1.82, 2.24) is 0 Å². The summed E-state index contributed by atoms with van der Waals surface area (Å²) in [6.07, 6.45) is 8.75. The number of carbonyl (C=O) groups is 2. The third-order valence-electron chi connectivity index (χ3n) is 5.86. The van der Waals surface area contributed by atoms with Crippen LogP contribution in [0.4, 0.5) is 0 Å². The summed E-state index contributed by atoms with van der Waals surface area (Å²) in [6, 6.07) is 3.86. The molecule has 0 aliphatic carbocycles. The summed E-state index contributed by atoms with van der Waals surface area (Å²) in [5.74, 6) is -3.21. The van der Waals surface area contributed by atoms with Crippen molar-refractivity contribution >= 4 is 11.9 Å². The lowest BCUT2D eigenvalue weighted by atomic mass is 9.95. The first kappa shape index (κ1) is 32.1. The normalized spacial score (nSPS) is 10.9. The molecule has 2 rings (SSSR count). The van der Waals surface area contributed by atoms with Crippen molar-refractivity contribution in [3.05, 3.63) is 69.3 Å². The van der Waals surface area contributed by atoms with Crippen molar-refractivity contribution in [3.63, 3.8) is 0 Å². The van der Waals surface area contributed by atoms with Crippen molar-refractivity contribution in [2.24, 2.45) is 0 Å². The van der Waals surface area contributed by atoms with E-state index in [1.54, 1.807) is 0 Å². The van der Waals surface area contributed by atoms with Crippen molar-refractivity contribution in [3.8, 4) is 23.0 Å². The second-order valence-corrected chi connectivity index (χ2v) is 9.44. The van der Waals surface area contributed by atoms with Gasteiger partial charge in [-0.3, -0.25) is 0 Å². The van der Waals surface area contributed by atoms with Gasteiger partial charge in [-0.2, -0.15) is 0 Å². The summed E-state index contributed by atoms with van der Waals surface area (Å²) in [7, 11) is 0. The SMILES string of the molecule is CCCc1cc(O)c(C/C=C(\C)CCC=C(C)C)c(O)c1C(=O)O.CCCc1cc(O)cc(O)c1C(=O)O. The van der Waals surface area contributed by atoms with Gasteiger partial charge < -0.3 is 30.6 Å². The minimum absolute atomic E-state index is 0.0469. The lowest BCUT2D eigenvalue weighted by Crippen LogP contribution is -2.05. The minimum Gasteiger partial charge on any atom is -0.508 e. The second kappa shape index (κ2) is 15.3. The molecule has 0 bridgehead atoms. The number of benzene rings is 2. The summed E-state index contributed by atoms with van der Waals surface area (Å²) < 4.78 is 0. The molecular weight excluding hydrogens is 488 g/mol. The topological polar surface area (TPSA) is 156 Å². The molecule has 0 unspecified atom stereocenters. The number of aryl methyl sites for hydroxylation is 2. The van der Waals surface area contributed by atoms with Crippen molar-refractivity contribution < 1.29 is 40.2 Å². The summed E-state index contributed by atoms with van der Waals surface area (Å²) in [5.41, 5.74) is 3.39. The lowest BCUT2D eigenvalue weighted by Gasteiger charge is -2.13. The third-order valence-corrected chi connectivity index (χ3v) is 5.86. The number of aromatic carboxylic acids is 2. The quantitative estimate of drug-likeness (QED) is 0.175. The number of rotatable bonds is 11. The van der Waals surface area contributed by atoms with Crippen molar-refractivity contribution in [2.45, 2.75) is 79.6 Å². The molecule has 0 saturated heterocycles. The van der Waals surface area contributed by atoms with Crippen LogP contribution in [-0.4, -0.2) is 42.6 Å². The molecule has 0 radical (unpaired) electrons. The number of phenolic OH excluding ortho intramolecular Hbond substituents is 2. The number of phenols is 4. The van der Waals surface area contributed by atoms with Crippen LogP contribution in [0.5, 0.6) is 23.0 Å². The Kier molecular flexibility index (Phi) is 13.0. The number of carboxylic acids is 2. The maximum Gasteiger partial charge on any atom is 0.339 e. The summed E-state index contributed by atoms with van der Waals surface area (Å²) in [6.45, 7) is 9.93. The number of aromatic hydroxyl groups is 4. The molecule has 0 aliphatic heterocycles. The van der Waals surface area contributed by atoms with Crippen LogP contribution in [0.2, 0.25) is 0 Å². The molecule has 2 aromatic rings. The maximum atomic E-state index is 11.5. The molecule has 8 heteroatoms. The van der Waals surface area contributed by atoms with E-state index in [4.69, 9.17) is 5.11 Å². The van der Waals surface area contributed by atoms with Gasteiger partial charge in [0.25, 0.3) is 0 Å². The fraction of sp³-hybridized carbons (Fsp3) is 0.400. The van der Waals surface area contributed by atoms with E-state index < -0.39 is 11.9 Å². The van der Waals surface area contributed by atoms with Crippen LogP contribution in [-0.2, 0) is 19.3 Å². The number of hydrogen-bond donors (Lipinski definition) is 6. The van der Waals surface area contributed by atoms with E-state index >= 15 is 0 Å². The predicted molar refractivity (Wildman–Crippen MR) is 148 cm³/mol. The molecule has 38 heavy (non-hydrogen) atoms. The Bertz CT molecular complexity index is 1190. The van der Waals surface area contributed by atoms with Crippen LogP contribution in [0.1, 0.15) is 97.7 Å². The van der Waals surface area contributed by atoms with Crippen LogP contribution >= 0.6 is 0 Å². The zero-order valence-electron chi connectivity index (χ0n) is 22.8. The van der Waals surface area contributed by atoms with E-state index in [0.717, 1.165) is 37.3 Å². The van der Waals surface area contributed by atoms with Crippen LogP contribution in [0, 0.1) is 0 Å². The number of allylic oxidation sites excluding steroid dienone is 4. The van der Waals surface area contributed by atoms with Gasteiger partial charge in [-0.15, -0.1) is 0 Å². The van der Waals surface area contributed by atoms with Gasteiger partial charge in [0.1, 0.15) is 34.1 Å². The standard InChI is InChI=1S/C20H28O4.C10H12O4/c1-5-7-15-12-17(21)16(19(22)18(15)20(23)24)11-10-14(4)9-6-8-13(2)3;1-2-3-6-4-7(11)5-8(12)9(6)10(13)14/h8,10,12,21-22H,5-7,9,11H2,1-4H3,(H,23,24);4-5,11-12H,2-3H2,1H3,(H,13,14)/b14-10+;. The molecule has 208 valence electrons. The summed E-state index contributed by atoms with van der Waals surface area (Å²) >= 11 is 0. The van der Waals surface area contributed by atoms with Gasteiger partial charge in [-0.1, -0.05) is 50.0 Å². The first-order valence-electron chi connectivity index (χ1n) is 12.7. The molecule has 0 saturated carbocycles. The molecule has 0 aromatic heterocycles. The Morgan fingerprint density at radius 3 is 1.82 bits per heavy atom. The summed E-state index contributed by atoms with van der Waals surface area (Å²) in [5, 5.41) is 57.2. The minimum atomic E-state index is -1.18. The molecule has 0 spiro atoms. The molecule has 0 aliphatic rings. The molecular formula is C30H40O8. The van der Waals surface area contributed by atoms with E-state index in [2.05, 4.69) is 19.9 Å². The van der Waals surface area contributed by atoms with E-state index in [1.807, 2.05) is 26.8 Å². The highest BCUT2D eigenvalue weighted by molar-refractivity contribution is 5.94. The lowest BCUT2D eigenvalue weighted by molar-refractivity contribution is 0.0680. The molecule has 8 nitrogen and oxygen atoms in total. The maximum absolute atomic E-state index is 11.5. The number of carboxylic acid groups (broad SMARTS) is 2. The van der Waals surface area contributed by atoms with E-state index in [1.165, 1.54) is 17.7 Å². The third kappa shape index (κ3) is 9.50. The Hall–Kier alpha value is -3.94. The zero-order chi connectivity index (χ0) is 29.0. The Balaban J connectivity index is 0.000000437. The second-order valence-electron chi connectivity index (χ2n) is 9.44. The van der Waals surface area contributed by atoms with Gasteiger partial charge in [0.2, 0.25) is 0 Å². The molecule has 2 aromatic carbocycles. The highest BCUT2D eigenvalue weighted by atomic mass is 16.4. The highest BCUT2D eigenvalue weighted by Crippen LogP contribution is 2.35. The first-order chi connectivity index (χ1) is 17.8. The molecule has 6 N–H and O–H groups in total. The average molecular weight is 529 g/mol. The Labute approximate surface area is 224 Å². The fourth-order valence-corrected chi connectivity index (χ4v) is 4.00. The van der Waals surface area contributed by atoms with Crippen LogP contribution in [0.25, 0.3) is 0 Å². The molecule has 0 amide bonds. The van der Waals surface area contributed by atoms with E-state index in [9.17, 15) is 35.1 Å². The Morgan fingerprint density at radius 2 is 1.32 bits per heavy atom. The zero-order valence-corrected chi connectivity index (χ0v) is 22.8. The molecule has 0 heterocycles. The van der Waals surface area contributed by atoms with Gasteiger partial charge in [0.15, 0.2) is 0 Å². The molecule has 0 atom stereocenters. The predicted octanol–water partition coefficient (Wildman–Crippen LogP) is 6.73. The van der Waals surface area contributed by atoms with Crippen LogP contribution in [0.15, 0.2) is 41.5 Å². The van der Waals surface area contributed by atoms with Gasteiger partial charge >= 0.3 is 11.9 Å². The van der Waals surface area contributed by atoms with Gasteiger partial charge in [0, 0.05) is 11.6 Å². The molecule has 0 fully saturated rings. The smallest absolute Gasteiger partial charge is 0.339 e. The van der Waals surface area contributed by atoms with E-state index in [0.29, 0.717) is 30.4 Å². The van der Waals surface area contributed by atoms with Crippen LogP contribution in [0.3, 0.4) is 0 Å². The van der Waals surface area contributed by atoms with Gasteiger partial charge in [-0.25, -0.2) is 9.59 Å². The van der Waals surface area contributed by atoms with Crippen molar-refractivity contribution in [2.75, 3.05) is 0 Å². The monoisotopic (exact) mass is 528 g/mol. The first-order valence-corrected chi connectivity index (χ1v) is 12.7. The van der Waals surface area contributed by atoms with Crippen molar-refractivity contribution in [1.29, 1.82) is 0 Å². The van der Waals surface area contributed by atoms with Gasteiger partial charge in [0.05, 0.1) is 0 Å². The van der Waals surface area contributed by atoms with Gasteiger partial charge in [-0.05, 0) is 76.1 Å². The largest absolute Gasteiger partial charge is 0.508 e. The Morgan fingerprint density at radius 1 is 0.763 bits per heavy atom. The summed E-state index contributed by atoms with van der Waals surface area (Å²) in [4.78, 5) is 22.2.